The summed E-state index contributed by atoms with van der Waals surface area (Å²) in [4.78, 5) is 8.49. The van der Waals surface area contributed by atoms with Crippen LogP contribution >= 0.6 is 0 Å². The molecule has 3 aromatic carbocycles. The molecule has 0 saturated carbocycles. The Morgan fingerprint density at radius 2 is 1.50 bits per heavy atom. The molecule has 1 aliphatic rings. The van der Waals surface area contributed by atoms with Gasteiger partial charge in [0.05, 0.1) is 5.71 Å². The summed E-state index contributed by atoms with van der Waals surface area (Å²) < 4.78 is 0. The number of rotatable bonds is 8. The Morgan fingerprint density at radius 1 is 0.906 bits per heavy atom. The minimum absolute atomic E-state index is 0.220. The van der Waals surface area contributed by atoms with Crippen molar-refractivity contribution in [3.05, 3.63) is 120 Å². The van der Waals surface area contributed by atoms with Gasteiger partial charge < -0.3 is 4.84 Å². The topological polar surface area (TPSA) is 24.8 Å². The molecule has 1 heterocycles. The van der Waals surface area contributed by atoms with Crippen LogP contribution < -0.4 is 0 Å². The molecular weight excluding hydrogens is 392 g/mol. The van der Waals surface area contributed by atoms with E-state index in [9.17, 15) is 0 Å². The molecule has 0 spiro atoms. The first kappa shape index (κ1) is 22.0. The van der Waals surface area contributed by atoms with Gasteiger partial charge in [-0.25, -0.2) is 0 Å². The van der Waals surface area contributed by atoms with Gasteiger partial charge in [0.2, 0.25) is 0 Å². The van der Waals surface area contributed by atoms with Crippen LogP contribution in [0.2, 0.25) is 0 Å². The molecule has 3 atom stereocenters. The van der Waals surface area contributed by atoms with Crippen LogP contribution in [-0.2, 0) is 11.4 Å². The molecule has 1 fully saturated rings. The minimum atomic E-state index is 0.220. The molecule has 0 aliphatic carbocycles. The van der Waals surface area contributed by atoms with Gasteiger partial charge in [0.15, 0.2) is 0 Å². The summed E-state index contributed by atoms with van der Waals surface area (Å²) in [7, 11) is 0. The molecule has 0 bridgehead atoms. The lowest BCUT2D eigenvalue weighted by Crippen LogP contribution is -2.45. The van der Waals surface area contributed by atoms with Crippen LogP contribution in [0, 0.1) is 5.92 Å². The average Bonchev–Trinajstić information content (AvgIpc) is 2.86. The van der Waals surface area contributed by atoms with Gasteiger partial charge in [-0.3, -0.25) is 4.90 Å². The molecule has 0 amide bonds. The fourth-order valence-corrected chi connectivity index (χ4v) is 4.85. The Bertz CT molecular complexity index is 1000. The van der Waals surface area contributed by atoms with Crippen molar-refractivity contribution in [2.75, 3.05) is 6.54 Å². The van der Waals surface area contributed by atoms with Gasteiger partial charge in [0, 0.05) is 31.0 Å². The van der Waals surface area contributed by atoms with Crippen LogP contribution in [-0.4, -0.2) is 17.2 Å². The smallest absolute Gasteiger partial charge is 0.142 e. The standard InChI is InChI=1S/C29H32N2O/c1-3-20-31-28(24-16-10-6-11-17-24)21-27(30-32-22-23-14-8-5-9-15-23)26(4-2)29(31)25-18-12-7-13-19-25/h3,5-19,26,28-29H,1,4,20-22H2,2H3/b30-27+/t26-,28+,29+/m1/s1. The maximum atomic E-state index is 5.90. The van der Waals surface area contributed by atoms with Crippen LogP contribution in [0.5, 0.6) is 0 Å². The highest BCUT2D eigenvalue weighted by Crippen LogP contribution is 2.45. The quantitative estimate of drug-likeness (QED) is 0.288. The van der Waals surface area contributed by atoms with E-state index in [-0.39, 0.29) is 18.0 Å². The molecule has 0 aromatic heterocycles. The zero-order valence-electron chi connectivity index (χ0n) is 18.8. The number of likely N-dealkylation sites (tertiary alicyclic amines) is 1. The average molecular weight is 425 g/mol. The molecule has 32 heavy (non-hydrogen) atoms. The Morgan fingerprint density at radius 3 is 2.09 bits per heavy atom. The van der Waals surface area contributed by atoms with Crippen LogP contribution in [0.25, 0.3) is 0 Å². The fourth-order valence-electron chi connectivity index (χ4n) is 4.85. The second-order valence-electron chi connectivity index (χ2n) is 8.33. The van der Waals surface area contributed by atoms with E-state index in [0.717, 1.165) is 30.7 Å². The van der Waals surface area contributed by atoms with Gasteiger partial charge in [-0.1, -0.05) is 109 Å². The van der Waals surface area contributed by atoms with Crippen molar-refractivity contribution in [3.8, 4) is 0 Å². The Labute approximate surface area is 192 Å². The predicted octanol–water partition coefficient (Wildman–Crippen LogP) is 6.96. The van der Waals surface area contributed by atoms with E-state index in [0.29, 0.717) is 6.61 Å². The summed E-state index contributed by atoms with van der Waals surface area (Å²) in [5.74, 6) is 0.285. The van der Waals surface area contributed by atoms with Crippen molar-refractivity contribution < 1.29 is 4.84 Å². The molecule has 0 N–H and O–H groups in total. The molecule has 3 heteroatoms. The van der Waals surface area contributed by atoms with Crippen LogP contribution in [0.1, 0.15) is 48.5 Å². The largest absolute Gasteiger partial charge is 0.391 e. The summed E-state index contributed by atoms with van der Waals surface area (Å²) in [6.45, 7) is 7.64. The number of hydrogen-bond acceptors (Lipinski definition) is 3. The lowest BCUT2D eigenvalue weighted by Gasteiger charge is -2.47. The first-order valence-corrected chi connectivity index (χ1v) is 11.5. The monoisotopic (exact) mass is 424 g/mol. The van der Waals surface area contributed by atoms with E-state index in [1.54, 1.807) is 0 Å². The highest BCUT2D eigenvalue weighted by molar-refractivity contribution is 5.88. The molecular formula is C29H32N2O. The summed E-state index contributed by atoms with van der Waals surface area (Å²) >= 11 is 0. The maximum absolute atomic E-state index is 5.90. The lowest BCUT2D eigenvalue weighted by atomic mass is 9.77. The van der Waals surface area contributed by atoms with Gasteiger partial charge in [-0.15, -0.1) is 6.58 Å². The SMILES string of the molecule is C=CCN1[C@H](c2ccccc2)C/C(=N\OCc2ccccc2)[C@@H](CC)[C@@H]1c1ccccc1. The Kier molecular flexibility index (Phi) is 7.52. The zero-order valence-corrected chi connectivity index (χ0v) is 18.8. The van der Waals surface area contributed by atoms with Gasteiger partial charge in [0.1, 0.15) is 6.61 Å². The molecule has 0 unspecified atom stereocenters. The number of nitrogens with zero attached hydrogens (tertiary/aromatic N) is 2. The second kappa shape index (κ2) is 10.9. The third-order valence-corrected chi connectivity index (χ3v) is 6.33. The molecule has 0 radical (unpaired) electrons. The number of oxime groups is 1. The van der Waals surface area contributed by atoms with Gasteiger partial charge in [-0.05, 0) is 23.1 Å². The Balaban J connectivity index is 1.71. The number of piperidine rings is 1. The lowest BCUT2D eigenvalue weighted by molar-refractivity contribution is 0.0888. The molecule has 1 saturated heterocycles. The van der Waals surface area contributed by atoms with Crippen molar-refractivity contribution in [2.45, 2.75) is 38.5 Å². The summed E-state index contributed by atoms with van der Waals surface area (Å²) in [5, 5.41) is 4.74. The van der Waals surface area contributed by atoms with Gasteiger partial charge in [-0.2, -0.15) is 0 Å². The third kappa shape index (κ3) is 5.00. The Hall–Kier alpha value is -3.17. The van der Waals surface area contributed by atoms with Crippen LogP contribution in [0.3, 0.4) is 0 Å². The summed E-state index contributed by atoms with van der Waals surface area (Å²) in [6.07, 6.45) is 3.88. The van der Waals surface area contributed by atoms with Crippen LogP contribution in [0.4, 0.5) is 0 Å². The highest BCUT2D eigenvalue weighted by Gasteiger charge is 2.41. The minimum Gasteiger partial charge on any atom is -0.391 e. The van der Waals surface area contributed by atoms with E-state index in [4.69, 9.17) is 9.99 Å². The highest BCUT2D eigenvalue weighted by atomic mass is 16.6. The van der Waals surface area contributed by atoms with Crippen molar-refractivity contribution in [1.29, 1.82) is 0 Å². The fraction of sp³-hybridized carbons (Fsp3) is 0.276. The third-order valence-electron chi connectivity index (χ3n) is 6.33. The molecule has 1 aliphatic heterocycles. The van der Waals surface area contributed by atoms with Crippen molar-refractivity contribution >= 4 is 5.71 Å². The maximum Gasteiger partial charge on any atom is 0.142 e. The zero-order chi connectivity index (χ0) is 22.2. The van der Waals surface area contributed by atoms with E-state index in [1.807, 2.05) is 24.3 Å². The number of benzene rings is 3. The van der Waals surface area contributed by atoms with E-state index in [1.165, 1.54) is 11.1 Å². The number of hydrogen-bond donors (Lipinski definition) is 0. The molecule has 4 rings (SSSR count). The summed E-state index contributed by atoms with van der Waals surface area (Å²) in [5.41, 5.74) is 4.90. The van der Waals surface area contributed by atoms with Crippen molar-refractivity contribution in [1.82, 2.24) is 4.90 Å². The van der Waals surface area contributed by atoms with E-state index < -0.39 is 0 Å². The van der Waals surface area contributed by atoms with E-state index >= 15 is 0 Å². The first-order chi connectivity index (χ1) is 15.8. The van der Waals surface area contributed by atoms with Crippen LogP contribution in [0.15, 0.2) is 109 Å². The molecule has 164 valence electrons. The second-order valence-corrected chi connectivity index (χ2v) is 8.33. The predicted molar refractivity (Wildman–Crippen MR) is 132 cm³/mol. The van der Waals surface area contributed by atoms with Crippen molar-refractivity contribution in [2.24, 2.45) is 11.1 Å². The normalized spacial score (nSPS) is 22.5. The van der Waals surface area contributed by atoms with Gasteiger partial charge in [0.25, 0.3) is 0 Å². The molecule has 3 nitrogen and oxygen atoms in total. The summed E-state index contributed by atoms with van der Waals surface area (Å²) in [6, 6.07) is 32.2. The molecule has 3 aromatic rings. The van der Waals surface area contributed by atoms with E-state index in [2.05, 4.69) is 91.2 Å². The van der Waals surface area contributed by atoms with Gasteiger partial charge >= 0.3 is 0 Å². The first-order valence-electron chi connectivity index (χ1n) is 11.5. The van der Waals surface area contributed by atoms with Crippen molar-refractivity contribution in [3.63, 3.8) is 0 Å².